The zero-order valence-electron chi connectivity index (χ0n) is 17.8. The third kappa shape index (κ3) is 4.51. The molecule has 3 aromatic rings. The third-order valence-electron chi connectivity index (χ3n) is 5.30. The van der Waals surface area contributed by atoms with E-state index >= 15 is 0 Å². The van der Waals surface area contributed by atoms with Crippen molar-refractivity contribution >= 4 is 17.5 Å². The molecule has 2 amide bonds. The lowest BCUT2D eigenvalue weighted by Crippen LogP contribution is -2.32. The van der Waals surface area contributed by atoms with Gasteiger partial charge in [-0.1, -0.05) is 6.07 Å². The minimum atomic E-state index is -0.613. The molecule has 0 unspecified atom stereocenters. The molecule has 0 bridgehead atoms. The lowest BCUT2D eigenvalue weighted by Gasteiger charge is -2.25. The van der Waals surface area contributed by atoms with Crippen LogP contribution in [0.5, 0.6) is 17.2 Å². The van der Waals surface area contributed by atoms with Gasteiger partial charge in [-0.05, 0) is 54.8 Å². The summed E-state index contributed by atoms with van der Waals surface area (Å²) in [6, 6.07) is 10.9. The number of rotatable bonds is 7. The topological polar surface area (TPSA) is 129 Å². The maximum atomic E-state index is 13.0. The van der Waals surface area contributed by atoms with Gasteiger partial charge in [-0.15, -0.1) is 0 Å². The van der Waals surface area contributed by atoms with Gasteiger partial charge in [-0.2, -0.15) is 5.10 Å². The van der Waals surface area contributed by atoms with E-state index in [1.165, 1.54) is 0 Å². The summed E-state index contributed by atoms with van der Waals surface area (Å²) in [7, 11) is 1.60. The lowest BCUT2D eigenvalue weighted by molar-refractivity contribution is -0.121. The van der Waals surface area contributed by atoms with Crippen LogP contribution < -0.4 is 25.3 Å². The average molecular weight is 436 g/mol. The molecule has 9 heteroatoms. The number of amides is 2. The van der Waals surface area contributed by atoms with Gasteiger partial charge in [0.15, 0.2) is 6.61 Å². The summed E-state index contributed by atoms with van der Waals surface area (Å²) in [6.07, 6.45) is 2.22. The Morgan fingerprint density at radius 1 is 1.28 bits per heavy atom. The van der Waals surface area contributed by atoms with E-state index in [0.717, 1.165) is 28.1 Å². The van der Waals surface area contributed by atoms with Crippen molar-refractivity contribution in [3.8, 4) is 28.4 Å². The van der Waals surface area contributed by atoms with E-state index in [1.54, 1.807) is 25.4 Å². The number of primary amides is 1. The van der Waals surface area contributed by atoms with Crippen molar-refractivity contribution in [3.63, 3.8) is 0 Å². The normalized spacial score (nSPS) is 14.8. The zero-order valence-corrected chi connectivity index (χ0v) is 17.8. The molecule has 0 aliphatic carbocycles. The average Bonchev–Trinajstić information content (AvgIpc) is 3.23. The molecule has 32 heavy (non-hydrogen) atoms. The maximum Gasteiger partial charge on any atom is 0.255 e. The first-order chi connectivity index (χ1) is 15.4. The van der Waals surface area contributed by atoms with Gasteiger partial charge in [0.2, 0.25) is 5.91 Å². The van der Waals surface area contributed by atoms with Crippen LogP contribution in [-0.2, 0) is 16.0 Å². The Balaban J connectivity index is 1.55. The van der Waals surface area contributed by atoms with Gasteiger partial charge < -0.3 is 25.3 Å². The Morgan fingerprint density at radius 2 is 2.12 bits per heavy atom. The minimum Gasteiger partial charge on any atom is -0.497 e. The predicted molar refractivity (Wildman–Crippen MR) is 118 cm³/mol. The number of aromatic amines is 1. The third-order valence-corrected chi connectivity index (χ3v) is 5.30. The number of carbonyl (C=O) groups is 2. The fourth-order valence-corrected chi connectivity index (χ4v) is 3.60. The van der Waals surface area contributed by atoms with Gasteiger partial charge in [-0.25, -0.2) is 0 Å². The number of hydrogen-bond donors (Lipinski definition) is 3. The second kappa shape index (κ2) is 9.01. The highest BCUT2D eigenvalue weighted by Crippen LogP contribution is 2.34. The summed E-state index contributed by atoms with van der Waals surface area (Å²) in [4.78, 5) is 24.3. The van der Waals surface area contributed by atoms with Crippen LogP contribution in [0.25, 0.3) is 11.1 Å². The number of benzene rings is 2. The SMILES string of the molecule is COc1ccc2c(c1)C[C@H](C(=O)Nc1ccc(-c3cn[nH]c3C)cc1OCC(N)=O)CO2. The van der Waals surface area contributed by atoms with Crippen LogP contribution in [0.2, 0.25) is 0 Å². The van der Waals surface area contributed by atoms with Crippen molar-refractivity contribution in [1.82, 2.24) is 10.2 Å². The molecule has 9 nitrogen and oxygen atoms in total. The van der Waals surface area contributed by atoms with Gasteiger partial charge >= 0.3 is 0 Å². The van der Waals surface area contributed by atoms with Crippen LogP contribution in [0.4, 0.5) is 5.69 Å². The van der Waals surface area contributed by atoms with Crippen molar-refractivity contribution in [2.75, 3.05) is 25.6 Å². The van der Waals surface area contributed by atoms with Crippen LogP contribution in [0.3, 0.4) is 0 Å². The van der Waals surface area contributed by atoms with E-state index in [9.17, 15) is 9.59 Å². The first kappa shape index (κ1) is 21.2. The molecule has 0 radical (unpaired) electrons. The van der Waals surface area contributed by atoms with Gasteiger partial charge in [0.05, 0.1) is 24.9 Å². The number of methoxy groups -OCH3 is 1. The van der Waals surface area contributed by atoms with Crippen molar-refractivity contribution in [2.45, 2.75) is 13.3 Å². The number of ether oxygens (including phenoxy) is 3. The van der Waals surface area contributed by atoms with E-state index in [-0.39, 0.29) is 19.1 Å². The number of aryl methyl sites for hydroxylation is 1. The number of nitrogens with two attached hydrogens (primary N) is 1. The Morgan fingerprint density at radius 3 is 2.84 bits per heavy atom. The number of carbonyl (C=O) groups excluding carboxylic acids is 2. The summed E-state index contributed by atoms with van der Waals surface area (Å²) < 4.78 is 16.6. The first-order valence-corrected chi connectivity index (χ1v) is 10.1. The quantitative estimate of drug-likeness (QED) is 0.522. The number of nitrogens with one attached hydrogen (secondary N) is 2. The standard InChI is InChI=1S/C23H24N4O5/c1-13-18(10-25-27-13)14-3-5-19(21(9-14)32-12-22(24)28)26-23(29)16-7-15-8-17(30-2)4-6-20(15)31-11-16/h3-6,8-10,16H,7,11-12H2,1-2H3,(H2,24,28)(H,25,27)(H,26,29)/t16-/m0/s1. The highest BCUT2D eigenvalue weighted by Gasteiger charge is 2.27. The van der Waals surface area contributed by atoms with Crippen LogP contribution in [0.15, 0.2) is 42.6 Å². The fourth-order valence-electron chi connectivity index (χ4n) is 3.60. The Bertz CT molecular complexity index is 1160. The molecular formula is C23H24N4O5. The van der Waals surface area contributed by atoms with Gasteiger partial charge in [0.25, 0.3) is 5.91 Å². The van der Waals surface area contributed by atoms with Gasteiger partial charge in [-0.3, -0.25) is 14.7 Å². The highest BCUT2D eigenvalue weighted by atomic mass is 16.5. The molecule has 1 aromatic heterocycles. The largest absolute Gasteiger partial charge is 0.497 e. The maximum absolute atomic E-state index is 13.0. The highest BCUT2D eigenvalue weighted by molar-refractivity contribution is 5.95. The van der Waals surface area contributed by atoms with Crippen LogP contribution in [0, 0.1) is 12.8 Å². The van der Waals surface area contributed by atoms with Crippen molar-refractivity contribution in [3.05, 3.63) is 53.9 Å². The molecule has 0 saturated carbocycles. The van der Waals surface area contributed by atoms with Crippen LogP contribution >= 0.6 is 0 Å². The van der Waals surface area contributed by atoms with Gasteiger partial charge in [0, 0.05) is 11.3 Å². The second-order valence-electron chi connectivity index (χ2n) is 7.55. The van der Waals surface area contributed by atoms with E-state index in [0.29, 0.717) is 23.6 Å². The van der Waals surface area contributed by atoms with E-state index in [2.05, 4.69) is 15.5 Å². The molecule has 4 rings (SSSR count). The number of anilines is 1. The van der Waals surface area contributed by atoms with Crippen molar-refractivity contribution in [2.24, 2.45) is 11.7 Å². The molecule has 2 heterocycles. The molecule has 1 aliphatic rings. The molecule has 4 N–H and O–H groups in total. The molecular weight excluding hydrogens is 412 g/mol. The summed E-state index contributed by atoms with van der Waals surface area (Å²) in [5, 5.41) is 9.82. The summed E-state index contributed by atoms with van der Waals surface area (Å²) in [6.45, 7) is 1.85. The molecule has 2 aromatic carbocycles. The number of H-pyrrole nitrogens is 1. The Kier molecular flexibility index (Phi) is 5.98. The first-order valence-electron chi connectivity index (χ1n) is 10.1. The van der Waals surface area contributed by atoms with Crippen LogP contribution in [-0.4, -0.2) is 42.3 Å². The van der Waals surface area contributed by atoms with Crippen molar-refractivity contribution < 1.29 is 23.8 Å². The Hall–Kier alpha value is -4.01. The number of hydrogen-bond acceptors (Lipinski definition) is 6. The van der Waals surface area contributed by atoms with Gasteiger partial charge in [0.1, 0.15) is 23.9 Å². The summed E-state index contributed by atoms with van der Waals surface area (Å²) in [5.41, 5.74) is 9.19. The molecule has 1 atom stereocenters. The minimum absolute atomic E-state index is 0.213. The number of aromatic nitrogens is 2. The van der Waals surface area contributed by atoms with E-state index < -0.39 is 11.8 Å². The molecule has 0 saturated heterocycles. The fraction of sp³-hybridized carbons (Fsp3) is 0.261. The monoisotopic (exact) mass is 436 g/mol. The summed E-state index contributed by atoms with van der Waals surface area (Å²) in [5.74, 6) is 0.581. The smallest absolute Gasteiger partial charge is 0.255 e. The summed E-state index contributed by atoms with van der Waals surface area (Å²) >= 11 is 0. The number of nitrogens with zero attached hydrogens (tertiary/aromatic N) is 1. The van der Waals surface area contributed by atoms with Crippen LogP contribution in [0.1, 0.15) is 11.3 Å². The lowest BCUT2D eigenvalue weighted by atomic mass is 9.95. The number of fused-ring (bicyclic) bond motifs is 1. The van der Waals surface area contributed by atoms with E-state index in [4.69, 9.17) is 19.9 Å². The molecule has 166 valence electrons. The molecule has 0 fully saturated rings. The van der Waals surface area contributed by atoms with E-state index in [1.807, 2.05) is 31.2 Å². The zero-order chi connectivity index (χ0) is 22.7. The Labute approximate surface area is 184 Å². The molecule has 0 spiro atoms. The second-order valence-corrected chi connectivity index (χ2v) is 7.55. The predicted octanol–water partition coefficient (Wildman–Crippen LogP) is 2.45. The molecule has 1 aliphatic heterocycles. The van der Waals surface area contributed by atoms with Crippen molar-refractivity contribution in [1.29, 1.82) is 0 Å².